The van der Waals surface area contributed by atoms with Crippen molar-refractivity contribution >= 4 is 29.2 Å². The summed E-state index contributed by atoms with van der Waals surface area (Å²) in [7, 11) is 3.16. The van der Waals surface area contributed by atoms with Gasteiger partial charge in [0.2, 0.25) is 0 Å². The summed E-state index contributed by atoms with van der Waals surface area (Å²) < 4.78 is 16.6. The van der Waals surface area contributed by atoms with Crippen molar-refractivity contribution in [2.24, 2.45) is 0 Å². The first-order chi connectivity index (χ1) is 16.8. The molecule has 1 aliphatic rings. The molecule has 0 saturated heterocycles. The third-order valence-electron chi connectivity index (χ3n) is 5.66. The van der Waals surface area contributed by atoms with Crippen molar-refractivity contribution < 1.29 is 23.8 Å². The molecule has 2 N–H and O–H groups in total. The number of carbonyl (C=O) groups is 2. The largest absolute Gasteiger partial charge is 0.497 e. The second-order valence-corrected chi connectivity index (χ2v) is 9.73. The Bertz CT molecular complexity index is 1230. The summed E-state index contributed by atoms with van der Waals surface area (Å²) >= 11 is 1.48. The lowest BCUT2D eigenvalue weighted by Crippen LogP contribution is -2.43. The van der Waals surface area contributed by atoms with E-state index in [1.807, 2.05) is 49.6 Å². The van der Waals surface area contributed by atoms with Crippen LogP contribution in [0, 0.1) is 0 Å². The van der Waals surface area contributed by atoms with E-state index in [-0.39, 0.29) is 23.6 Å². The average molecular weight is 493 g/mol. The lowest BCUT2D eigenvalue weighted by molar-refractivity contribution is -0.119. The zero-order chi connectivity index (χ0) is 25.0. The Balaban J connectivity index is 1.60. The summed E-state index contributed by atoms with van der Waals surface area (Å²) in [5.74, 6) is 1.22. The average Bonchev–Trinajstić information content (AvgIpc) is 3.35. The number of fused-ring (bicyclic) bond motifs is 1. The Labute approximate surface area is 208 Å². The van der Waals surface area contributed by atoms with Crippen LogP contribution in [0.25, 0.3) is 6.08 Å². The molecule has 0 radical (unpaired) electrons. The molecule has 35 heavy (non-hydrogen) atoms. The SMILES string of the molecule is COc1ccc(C(=O)N/C(=C\c2cccs2)C(=O)NC2CC(C)(C)Oc3cc(OC)ccc32)cc1. The van der Waals surface area contributed by atoms with Crippen molar-refractivity contribution in [1.29, 1.82) is 0 Å². The smallest absolute Gasteiger partial charge is 0.268 e. The summed E-state index contributed by atoms with van der Waals surface area (Å²) in [6, 6.07) is 15.7. The van der Waals surface area contributed by atoms with Gasteiger partial charge in [-0.15, -0.1) is 11.3 Å². The van der Waals surface area contributed by atoms with Crippen LogP contribution in [0.5, 0.6) is 17.2 Å². The van der Waals surface area contributed by atoms with Gasteiger partial charge in [0.25, 0.3) is 11.8 Å². The molecule has 182 valence electrons. The molecule has 8 heteroatoms. The normalized spacial score (nSPS) is 16.5. The zero-order valence-corrected chi connectivity index (χ0v) is 20.9. The molecule has 0 fully saturated rings. The number of ether oxygens (including phenoxy) is 3. The number of methoxy groups -OCH3 is 2. The third-order valence-corrected chi connectivity index (χ3v) is 6.48. The van der Waals surface area contributed by atoms with Gasteiger partial charge in [-0.1, -0.05) is 6.07 Å². The van der Waals surface area contributed by atoms with Crippen LogP contribution in [0.1, 0.15) is 47.1 Å². The van der Waals surface area contributed by atoms with Crippen LogP contribution in [-0.4, -0.2) is 31.6 Å². The van der Waals surface area contributed by atoms with Gasteiger partial charge in [0, 0.05) is 28.5 Å². The molecule has 1 unspecified atom stereocenters. The molecule has 0 aliphatic carbocycles. The summed E-state index contributed by atoms with van der Waals surface area (Å²) in [4.78, 5) is 27.3. The van der Waals surface area contributed by atoms with E-state index in [2.05, 4.69) is 10.6 Å². The van der Waals surface area contributed by atoms with Crippen molar-refractivity contribution in [2.45, 2.75) is 31.9 Å². The first kappa shape index (κ1) is 24.3. The standard InChI is InChI=1S/C27H28N2O5S/c1-27(2)16-23(21-12-11-19(33-4)14-24(21)34-27)29-26(31)22(15-20-6-5-13-35-20)28-25(30)17-7-9-18(32-3)10-8-17/h5-15,23H,16H2,1-4H3,(H,28,30)(H,29,31)/b22-15-. The van der Waals surface area contributed by atoms with E-state index in [0.717, 1.165) is 10.4 Å². The first-order valence-electron chi connectivity index (χ1n) is 11.2. The van der Waals surface area contributed by atoms with Gasteiger partial charge >= 0.3 is 0 Å². The number of carbonyl (C=O) groups excluding carboxylic acids is 2. The van der Waals surface area contributed by atoms with Crippen LogP contribution < -0.4 is 24.8 Å². The van der Waals surface area contributed by atoms with Crippen molar-refractivity contribution in [3.05, 3.63) is 81.7 Å². The number of thiophene rings is 1. The highest BCUT2D eigenvalue weighted by atomic mass is 32.1. The van der Waals surface area contributed by atoms with Gasteiger partial charge in [-0.05, 0) is 67.8 Å². The minimum absolute atomic E-state index is 0.160. The fraction of sp³-hybridized carbons (Fsp3) is 0.259. The van der Waals surface area contributed by atoms with Crippen LogP contribution in [0.2, 0.25) is 0 Å². The Hall–Kier alpha value is -3.78. The van der Waals surface area contributed by atoms with E-state index in [1.54, 1.807) is 44.6 Å². The highest BCUT2D eigenvalue weighted by molar-refractivity contribution is 7.10. The monoisotopic (exact) mass is 492 g/mol. The number of benzene rings is 2. The molecule has 1 aliphatic heterocycles. The third kappa shape index (κ3) is 5.84. The molecule has 2 aromatic carbocycles. The summed E-state index contributed by atoms with van der Waals surface area (Å²) in [6.45, 7) is 3.95. The van der Waals surface area contributed by atoms with Gasteiger partial charge in [0.1, 0.15) is 28.5 Å². The molecular formula is C27H28N2O5S. The first-order valence-corrected chi connectivity index (χ1v) is 12.0. The van der Waals surface area contributed by atoms with E-state index in [9.17, 15) is 9.59 Å². The number of amides is 2. The topological polar surface area (TPSA) is 85.9 Å². The molecule has 1 atom stereocenters. The van der Waals surface area contributed by atoms with E-state index in [0.29, 0.717) is 29.2 Å². The van der Waals surface area contributed by atoms with E-state index in [4.69, 9.17) is 14.2 Å². The predicted molar refractivity (Wildman–Crippen MR) is 136 cm³/mol. The van der Waals surface area contributed by atoms with E-state index in [1.165, 1.54) is 11.3 Å². The molecule has 0 bridgehead atoms. The molecule has 4 rings (SSSR count). The van der Waals surface area contributed by atoms with Crippen LogP contribution >= 0.6 is 11.3 Å². The maximum atomic E-state index is 13.5. The van der Waals surface area contributed by atoms with Gasteiger partial charge < -0.3 is 24.8 Å². The molecule has 0 saturated carbocycles. The summed E-state index contributed by atoms with van der Waals surface area (Å²) in [5, 5.41) is 7.80. The maximum absolute atomic E-state index is 13.5. The fourth-order valence-corrected chi connectivity index (χ4v) is 4.59. The predicted octanol–water partition coefficient (Wildman–Crippen LogP) is 4.95. The number of rotatable bonds is 7. The maximum Gasteiger partial charge on any atom is 0.268 e. The van der Waals surface area contributed by atoms with Crippen LogP contribution in [0.3, 0.4) is 0 Å². The lowest BCUT2D eigenvalue weighted by atomic mass is 9.89. The van der Waals surface area contributed by atoms with Gasteiger partial charge in [-0.3, -0.25) is 9.59 Å². The Morgan fingerprint density at radius 2 is 1.77 bits per heavy atom. The minimum atomic E-state index is -0.499. The molecule has 3 aromatic rings. The van der Waals surface area contributed by atoms with Gasteiger partial charge in [-0.2, -0.15) is 0 Å². The highest BCUT2D eigenvalue weighted by Gasteiger charge is 2.35. The Morgan fingerprint density at radius 1 is 1.06 bits per heavy atom. The van der Waals surface area contributed by atoms with Gasteiger partial charge in [0.05, 0.1) is 20.3 Å². The molecule has 7 nitrogen and oxygen atoms in total. The fourth-order valence-electron chi connectivity index (χ4n) is 3.93. The van der Waals surface area contributed by atoms with Gasteiger partial charge in [-0.25, -0.2) is 0 Å². The van der Waals surface area contributed by atoms with Crippen LogP contribution in [0.15, 0.2) is 65.7 Å². The minimum Gasteiger partial charge on any atom is -0.497 e. The second kappa shape index (κ2) is 10.2. The molecule has 1 aromatic heterocycles. The van der Waals surface area contributed by atoms with Crippen molar-refractivity contribution in [3.8, 4) is 17.2 Å². The second-order valence-electron chi connectivity index (χ2n) is 8.75. The Kier molecular flexibility index (Phi) is 7.12. The molecule has 2 amide bonds. The van der Waals surface area contributed by atoms with Crippen molar-refractivity contribution in [1.82, 2.24) is 10.6 Å². The van der Waals surface area contributed by atoms with E-state index < -0.39 is 5.60 Å². The number of hydrogen-bond acceptors (Lipinski definition) is 6. The van der Waals surface area contributed by atoms with Gasteiger partial charge in [0.15, 0.2) is 0 Å². The quantitative estimate of drug-likeness (QED) is 0.456. The number of hydrogen-bond donors (Lipinski definition) is 2. The van der Waals surface area contributed by atoms with Crippen LogP contribution in [0.4, 0.5) is 0 Å². The summed E-state index contributed by atoms with van der Waals surface area (Å²) in [6.07, 6.45) is 2.25. The number of nitrogens with one attached hydrogen (secondary N) is 2. The lowest BCUT2D eigenvalue weighted by Gasteiger charge is -2.38. The zero-order valence-electron chi connectivity index (χ0n) is 20.1. The molecule has 0 spiro atoms. The van der Waals surface area contributed by atoms with Crippen molar-refractivity contribution in [3.63, 3.8) is 0 Å². The van der Waals surface area contributed by atoms with Crippen molar-refractivity contribution in [2.75, 3.05) is 14.2 Å². The molecular weight excluding hydrogens is 464 g/mol. The molecule has 2 heterocycles. The summed E-state index contributed by atoms with van der Waals surface area (Å²) in [5.41, 5.74) is 0.935. The van der Waals surface area contributed by atoms with E-state index >= 15 is 0 Å². The highest BCUT2D eigenvalue weighted by Crippen LogP contribution is 2.41. The van der Waals surface area contributed by atoms with Crippen LogP contribution in [-0.2, 0) is 4.79 Å². The Morgan fingerprint density at radius 3 is 2.43 bits per heavy atom.